The fourth-order valence-corrected chi connectivity index (χ4v) is 3.05. The van der Waals surface area contributed by atoms with Crippen molar-refractivity contribution in [1.29, 1.82) is 0 Å². The van der Waals surface area contributed by atoms with Gasteiger partial charge in [0.1, 0.15) is 11.3 Å². The number of hydrogen-bond acceptors (Lipinski definition) is 6. The zero-order chi connectivity index (χ0) is 13.5. The molecule has 0 saturated heterocycles. The highest BCUT2D eigenvalue weighted by atomic mass is 32.2. The summed E-state index contributed by atoms with van der Waals surface area (Å²) in [5, 5.41) is 10.9. The van der Waals surface area contributed by atoms with Crippen LogP contribution in [0.3, 0.4) is 0 Å². The molecule has 2 rings (SSSR count). The Balaban J connectivity index is 2.07. The third-order valence-electron chi connectivity index (χ3n) is 2.38. The number of nitrogens with one attached hydrogen (secondary N) is 1. The van der Waals surface area contributed by atoms with Crippen LogP contribution in [0.4, 0.5) is 4.39 Å². The Hall–Kier alpha value is -1.02. The standard InChI is InChI=1S/C12H14FN3OS2/c1-17-6-5-14-7-9-3-2-4-10(13)11(9)19-12-16-15-8-18-12/h2-4,8,14H,5-7H2,1H3. The first-order valence-electron chi connectivity index (χ1n) is 5.72. The van der Waals surface area contributed by atoms with Crippen LogP contribution in [-0.4, -0.2) is 30.5 Å². The lowest BCUT2D eigenvalue weighted by Gasteiger charge is -2.09. The molecular formula is C12H14FN3OS2. The molecule has 102 valence electrons. The molecule has 0 fully saturated rings. The maximum atomic E-state index is 13.9. The van der Waals surface area contributed by atoms with E-state index in [4.69, 9.17) is 4.74 Å². The van der Waals surface area contributed by atoms with E-state index in [0.717, 1.165) is 16.4 Å². The molecule has 0 amide bonds. The van der Waals surface area contributed by atoms with Gasteiger partial charge >= 0.3 is 0 Å². The highest BCUT2D eigenvalue weighted by Gasteiger charge is 2.11. The van der Waals surface area contributed by atoms with Crippen molar-refractivity contribution >= 4 is 23.1 Å². The third kappa shape index (κ3) is 4.24. The lowest BCUT2D eigenvalue weighted by molar-refractivity contribution is 0.199. The van der Waals surface area contributed by atoms with E-state index >= 15 is 0 Å². The molecule has 0 radical (unpaired) electrons. The molecule has 0 unspecified atom stereocenters. The van der Waals surface area contributed by atoms with Gasteiger partial charge in [-0.25, -0.2) is 4.39 Å². The molecule has 2 aromatic rings. The predicted molar refractivity (Wildman–Crippen MR) is 74.0 cm³/mol. The maximum Gasteiger partial charge on any atom is 0.178 e. The summed E-state index contributed by atoms with van der Waals surface area (Å²) in [5.74, 6) is -0.230. The second-order valence-electron chi connectivity index (χ2n) is 3.70. The number of methoxy groups -OCH3 is 1. The first-order valence-corrected chi connectivity index (χ1v) is 7.42. The Labute approximate surface area is 119 Å². The first kappa shape index (κ1) is 14.4. The van der Waals surface area contributed by atoms with Gasteiger partial charge in [-0.15, -0.1) is 10.2 Å². The number of ether oxygens (including phenoxy) is 1. The summed E-state index contributed by atoms with van der Waals surface area (Å²) in [5.41, 5.74) is 2.55. The van der Waals surface area contributed by atoms with Gasteiger partial charge in [0.15, 0.2) is 4.34 Å². The van der Waals surface area contributed by atoms with Gasteiger partial charge in [-0.05, 0) is 11.6 Å². The Morgan fingerprint density at radius 2 is 2.37 bits per heavy atom. The van der Waals surface area contributed by atoms with E-state index in [1.807, 2.05) is 6.07 Å². The summed E-state index contributed by atoms with van der Waals surface area (Å²) in [6.07, 6.45) is 0. The molecule has 0 aliphatic heterocycles. The van der Waals surface area contributed by atoms with Crippen molar-refractivity contribution in [1.82, 2.24) is 15.5 Å². The quantitative estimate of drug-likeness (QED) is 0.796. The van der Waals surface area contributed by atoms with Crippen molar-refractivity contribution in [3.63, 3.8) is 0 Å². The van der Waals surface area contributed by atoms with E-state index in [0.29, 0.717) is 18.0 Å². The van der Waals surface area contributed by atoms with Crippen molar-refractivity contribution in [2.24, 2.45) is 0 Å². The van der Waals surface area contributed by atoms with Gasteiger partial charge in [0.05, 0.1) is 11.5 Å². The van der Waals surface area contributed by atoms with Gasteiger partial charge in [-0.3, -0.25) is 0 Å². The minimum absolute atomic E-state index is 0.230. The maximum absolute atomic E-state index is 13.9. The molecule has 0 aliphatic carbocycles. The zero-order valence-electron chi connectivity index (χ0n) is 10.4. The van der Waals surface area contributed by atoms with Crippen LogP contribution in [0.25, 0.3) is 0 Å². The van der Waals surface area contributed by atoms with Crippen LogP contribution in [0.15, 0.2) is 32.9 Å². The molecule has 4 nitrogen and oxygen atoms in total. The topological polar surface area (TPSA) is 47.0 Å². The number of hydrogen-bond donors (Lipinski definition) is 1. The van der Waals surface area contributed by atoms with E-state index in [1.54, 1.807) is 18.7 Å². The highest BCUT2D eigenvalue weighted by Crippen LogP contribution is 2.33. The van der Waals surface area contributed by atoms with Gasteiger partial charge in [0.25, 0.3) is 0 Å². The normalized spacial score (nSPS) is 10.8. The van der Waals surface area contributed by atoms with Crippen molar-refractivity contribution in [3.05, 3.63) is 35.1 Å². The van der Waals surface area contributed by atoms with Crippen LogP contribution < -0.4 is 5.32 Å². The molecule has 0 saturated carbocycles. The Morgan fingerprint density at radius 3 is 3.11 bits per heavy atom. The lowest BCUT2D eigenvalue weighted by Crippen LogP contribution is -2.19. The molecule has 19 heavy (non-hydrogen) atoms. The molecule has 1 aromatic heterocycles. The number of aromatic nitrogens is 2. The van der Waals surface area contributed by atoms with Crippen molar-refractivity contribution in [2.45, 2.75) is 15.8 Å². The number of rotatable bonds is 7. The van der Waals surface area contributed by atoms with Crippen molar-refractivity contribution < 1.29 is 9.13 Å². The molecule has 1 N–H and O–H groups in total. The summed E-state index contributed by atoms with van der Waals surface area (Å²) in [6, 6.07) is 5.08. The van der Waals surface area contributed by atoms with Crippen LogP contribution >= 0.6 is 23.1 Å². The molecule has 7 heteroatoms. The van der Waals surface area contributed by atoms with Crippen LogP contribution in [0, 0.1) is 5.82 Å². The summed E-state index contributed by atoms with van der Waals surface area (Å²) >= 11 is 2.71. The molecule has 0 spiro atoms. The van der Waals surface area contributed by atoms with Crippen LogP contribution in [0.2, 0.25) is 0 Å². The second-order valence-corrected chi connectivity index (χ2v) is 5.80. The van der Waals surface area contributed by atoms with Crippen LogP contribution in [0.5, 0.6) is 0 Å². The number of halogens is 1. The minimum Gasteiger partial charge on any atom is -0.383 e. The lowest BCUT2D eigenvalue weighted by atomic mass is 10.2. The van der Waals surface area contributed by atoms with E-state index in [-0.39, 0.29) is 5.82 Å². The second kappa shape index (κ2) is 7.54. The third-order valence-corrected chi connectivity index (χ3v) is 4.32. The molecule has 0 atom stereocenters. The molecule has 1 aromatic carbocycles. The summed E-state index contributed by atoms with van der Waals surface area (Å²) in [4.78, 5) is 0.601. The minimum atomic E-state index is -0.230. The average molecular weight is 299 g/mol. The van der Waals surface area contributed by atoms with E-state index in [9.17, 15) is 4.39 Å². The zero-order valence-corrected chi connectivity index (χ0v) is 12.1. The molecule has 0 bridgehead atoms. The van der Waals surface area contributed by atoms with Gasteiger partial charge in [0.2, 0.25) is 0 Å². The van der Waals surface area contributed by atoms with E-state index in [2.05, 4.69) is 15.5 Å². The van der Waals surface area contributed by atoms with Gasteiger partial charge in [-0.1, -0.05) is 35.2 Å². The van der Waals surface area contributed by atoms with E-state index < -0.39 is 0 Å². The van der Waals surface area contributed by atoms with Gasteiger partial charge < -0.3 is 10.1 Å². The fourth-order valence-electron chi connectivity index (χ4n) is 1.50. The monoisotopic (exact) mass is 299 g/mol. The average Bonchev–Trinajstić information content (AvgIpc) is 2.91. The largest absolute Gasteiger partial charge is 0.383 e. The van der Waals surface area contributed by atoms with E-state index in [1.165, 1.54) is 29.2 Å². The first-order chi connectivity index (χ1) is 9.31. The van der Waals surface area contributed by atoms with Crippen molar-refractivity contribution in [3.8, 4) is 0 Å². The summed E-state index contributed by atoms with van der Waals surface area (Å²) in [7, 11) is 1.65. The smallest absolute Gasteiger partial charge is 0.178 e. The Kier molecular flexibility index (Phi) is 5.71. The Morgan fingerprint density at radius 1 is 1.47 bits per heavy atom. The number of benzene rings is 1. The van der Waals surface area contributed by atoms with Gasteiger partial charge in [0, 0.05) is 20.2 Å². The number of nitrogens with zero attached hydrogens (tertiary/aromatic N) is 2. The summed E-state index contributed by atoms with van der Waals surface area (Å²) in [6.45, 7) is 1.96. The SMILES string of the molecule is COCCNCc1cccc(F)c1Sc1nncs1. The van der Waals surface area contributed by atoms with Crippen LogP contribution in [-0.2, 0) is 11.3 Å². The highest BCUT2D eigenvalue weighted by molar-refractivity contribution is 8.01. The van der Waals surface area contributed by atoms with Crippen molar-refractivity contribution in [2.75, 3.05) is 20.3 Å². The summed E-state index contributed by atoms with van der Waals surface area (Å²) < 4.78 is 19.6. The Bertz CT molecular complexity index is 508. The van der Waals surface area contributed by atoms with Crippen LogP contribution in [0.1, 0.15) is 5.56 Å². The molecule has 1 heterocycles. The molecular weight excluding hydrogens is 285 g/mol. The predicted octanol–water partition coefficient (Wildman–Crippen LogP) is 2.56. The fraction of sp³-hybridized carbons (Fsp3) is 0.333. The van der Waals surface area contributed by atoms with Gasteiger partial charge in [-0.2, -0.15) is 0 Å². The molecule has 0 aliphatic rings.